The minimum Gasteiger partial charge on any atom is -0.353 e. The lowest BCUT2D eigenvalue weighted by molar-refractivity contribution is -0.178. The molecular formula is C12H17NO4S. The van der Waals surface area contributed by atoms with Crippen LogP contribution in [0.3, 0.4) is 0 Å². The third-order valence-corrected chi connectivity index (χ3v) is 3.89. The highest BCUT2D eigenvalue weighted by Crippen LogP contribution is 2.12. The fourth-order valence-electron chi connectivity index (χ4n) is 1.69. The molecule has 0 aromatic heterocycles. The van der Waals surface area contributed by atoms with Gasteiger partial charge in [0.1, 0.15) is 0 Å². The van der Waals surface area contributed by atoms with E-state index in [1.165, 1.54) is 0 Å². The topological polar surface area (TPSA) is 64.6 Å². The first-order valence-electron chi connectivity index (χ1n) is 5.94. The first-order valence-corrected chi connectivity index (χ1v) is 7.60. The third-order valence-electron chi connectivity index (χ3n) is 2.57. The molecule has 0 radical (unpaired) electrons. The summed E-state index contributed by atoms with van der Waals surface area (Å²) in [4.78, 5) is 0. The molecule has 0 aliphatic carbocycles. The van der Waals surface area contributed by atoms with Gasteiger partial charge < -0.3 is 9.47 Å². The predicted molar refractivity (Wildman–Crippen MR) is 68.8 cm³/mol. The van der Waals surface area contributed by atoms with Crippen LogP contribution < -0.4 is 4.72 Å². The van der Waals surface area contributed by atoms with Crippen molar-refractivity contribution in [2.24, 2.45) is 0 Å². The van der Waals surface area contributed by atoms with Gasteiger partial charge in [-0.3, -0.25) is 4.72 Å². The maximum absolute atomic E-state index is 11.8. The van der Waals surface area contributed by atoms with E-state index >= 15 is 0 Å². The smallest absolute Gasteiger partial charge is 0.232 e. The SMILES string of the molecule is O=S(=O)(CCC1OCCCO1)Nc1ccccc1. The van der Waals surface area contributed by atoms with Gasteiger partial charge in [-0.25, -0.2) is 8.42 Å². The molecule has 5 nitrogen and oxygen atoms in total. The van der Waals surface area contributed by atoms with Crippen LogP contribution in [0.25, 0.3) is 0 Å². The summed E-state index contributed by atoms with van der Waals surface area (Å²) in [6.45, 7) is 1.27. The molecule has 0 bridgehead atoms. The van der Waals surface area contributed by atoms with E-state index in [9.17, 15) is 8.42 Å². The van der Waals surface area contributed by atoms with E-state index in [1.54, 1.807) is 24.3 Å². The molecule has 1 N–H and O–H groups in total. The lowest BCUT2D eigenvalue weighted by atomic mass is 10.3. The van der Waals surface area contributed by atoms with Gasteiger partial charge >= 0.3 is 0 Å². The number of nitrogens with one attached hydrogen (secondary N) is 1. The van der Waals surface area contributed by atoms with Gasteiger partial charge in [0, 0.05) is 12.1 Å². The molecular weight excluding hydrogens is 254 g/mol. The molecule has 0 amide bonds. The molecule has 18 heavy (non-hydrogen) atoms. The van der Waals surface area contributed by atoms with Gasteiger partial charge in [0.05, 0.1) is 19.0 Å². The van der Waals surface area contributed by atoms with Crippen LogP contribution in [-0.4, -0.2) is 33.7 Å². The molecule has 1 fully saturated rings. The Labute approximate surface area is 107 Å². The number of sulfonamides is 1. The van der Waals surface area contributed by atoms with Crippen LogP contribution in [0.15, 0.2) is 30.3 Å². The molecule has 1 aromatic carbocycles. The van der Waals surface area contributed by atoms with E-state index in [2.05, 4.69) is 4.72 Å². The van der Waals surface area contributed by atoms with Crippen molar-refractivity contribution in [3.05, 3.63) is 30.3 Å². The number of benzene rings is 1. The second kappa shape index (κ2) is 6.17. The molecule has 6 heteroatoms. The third kappa shape index (κ3) is 4.29. The summed E-state index contributed by atoms with van der Waals surface area (Å²) in [5.41, 5.74) is 0.572. The summed E-state index contributed by atoms with van der Waals surface area (Å²) in [5, 5.41) is 0. The van der Waals surface area contributed by atoms with Gasteiger partial charge in [-0.05, 0) is 18.6 Å². The maximum atomic E-state index is 11.8. The molecule has 1 saturated heterocycles. The van der Waals surface area contributed by atoms with E-state index in [-0.39, 0.29) is 5.75 Å². The average Bonchev–Trinajstić information content (AvgIpc) is 2.38. The van der Waals surface area contributed by atoms with E-state index in [0.717, 1.165) is 6.42 Å². The summed E-state index contributed by atoms with van der Waals surface area (Å²) in [7, 11) is -3.34. The fourth-order valence-corrected chi connectivity index (χ4v) is 2.79. The van der Waals surface area contributed by atoms with Crippen molar-refractivity contribution >= 4 is 15.7 Å². The van der Waals surface area contributed by atoms with Gasteiger partial charge in [0.15, 0.2) is 6.29 Å². The van der Waals surface area contributed by atoms with Crippen LogP contribution in [0.5, 0.6) is 0 Å². The van der Waals surface area contributed by atoms with E-state index in [1.807, 2.05) is 6.07 Å². The molecule has 0 spiro atoms. The quantitative estimate of drug-likeness (QED) is 0.883. The zero-order valence-electron chi connectivity index (χ0n) is 10.0. The average molecular weight is 271 g/mol. The first-order chi connectivity index (χ1) is 8.66. The van der Waals surface area contributed by atoms with Crippen LogP contribution in [0, 0.1) is 0 Å². The molecule has 0 atom stereocenters. The highest BCUT2D eigenvalue weighted by Gasteiger charge is 2.18. The Balaban J connectivity index is 1.83. The molecule has 1 heterocycles. The Morgan fingerprint density at radius 3 is 2.50 bits per heavy atom. The number of para-hydroxylation sites is 1. The zero-order chi connectivity index (χ0) is 12.8. The monoisotopic (exact) mass is 271 g/mol. The Bertz CT molecular complexity index is 454. The van der Waals surface area contributed by atoms with E-state index < -0.39 is 16.3 Å². The number of hydrogen-bond acceptors (Lipinski definition) is 4. The van der Waals surface area contributed by atoms with E-state index in [4.69, 9.17) is 9.47 Å². The maximum Gasteiger partial charge on any atom is 0.232 e. The molecule has 2 rings (SSSR count). The van der Waals surface area contributed by atoms with Crippen molar-refractivity contribution in [2.75, 3.05) is 23.7 Å². The van der Waals surface area contributed by atoms with Crippen LogP contribution in [0.4, 0.5) is 5.69 Å². The van der Waals surface area contributed by atoms with Crippen LogP contribution in [0.1, 0.15) is 12.8 Å². The minimum absolute atomic E-state index is 0.00738. The lowest BCUT2D eigenvalue weighted by Crippen LogP contribution is -2.28. The molecule has 100 valence electrons. The number of rotatable bonds is 5. The van der Waals surface area contributed by atoms with Crippen molar-refractivity contribution in [3.63, 3.8) is 0 Å². The van der Waals surface area contributed by atoms with Crippen LogP contribution in [-0.2, 0) is 19.5 Å². The Morgan fingerprint density at radius 1 is 1.17 bits per heavy atom. The first kappa shape index (κ1) is 13.3. The highest BCUT2D eigenvalue weighted by atomic mass is 32.2. The molecule has 1 aliphatic heterocycles. The van der Waals surface area contributed by atoms with Crippen LogP contribution in [0.2, 0.25) is 0 Å². The van der Waals surface area contributed by atoms with Gasteiger partial charge in [-0.1, -0.05) is 18.2 Å². The summed E-state index contributed by atoms with van der Waals surface area (Å²) in [5.74, 6) is -0.00738. The van der Waals surface area contributed by atoms with Crippen molar-refractivity contribution in [1.82, 2.24) is 0 Å². The molecule has 1 aliphatic rings. The number of anilines is 1. The van der Waals surface area contributed by atoms with Gasteiger partial charge in [0.2, 0.25) is 10.0 Å². The largest absolute Gasteiger partial charge is 0.353 e. The summed E-state index contributed by atoms with van der Waals surface area (Å²) in [6.07, 6.45) is 0.819. The molecule has 0 unspecified atom stereocenters. The second-order valence-electron chi connectivity index (χ2n) is 4.10. The molecule has 1 aromatic rings. The van der Waals surface area contributed by atoms with Gasteiger partial charge in [0.25, 0.3) is 0 Å². The van der Waals surface area contributed by atoms with Crippen molar-refractivity contribution in [3.8, 4) is 0 Å². The lowest BCUT2D eigenvalue weighted by Gasteiger charge is -2.23. The summed E-state index contributed by atoms with van der Waals surface area (Å²) in [6, 6.07) is 8.83. The van der Waals surface area contributed by atoms with Gasteiger partial charge in [-0.15, -0.1) is 0 Å². The standard InChI is InChI=1S/C12H17NO4S/c14-18(15,13-11-5-2-1-3-6-11)10-7-12-16-8-4-9-17-12/h1-3,5-6,12-13H,4,7-10H2. The Hall–Kier alpha value is -1.11. The number of ether oxygens (including phenoxy) is 2. The fraction of sp³-hybridized carbons (Fsp3) is 0.500. The van der Waals surface area contributed by atoms with Crippen molar-refractivity contribution in [1.29, 1.82) is 0 Å². The summed E-state index contributed by atoms with van der Waals surface area (Å²) < 4.78 is 36.8. The zero-order valence-corrected chi connectivity index (χ0v) is 10.9. The Kier molecular flexibility index (Phi) is 4.57. The normalized spacial score (nSPS) is 17.6. The number of hydrogen-bond donors (Lipinski definition) is 1. The Morgan fingerprint density at radius 2 is 1.83 bits per heavy atom. The van der Waals surface area contributed by atoms with Crippen molar-refractivity contribution in [2.45, 2.75) is 19.1 Å². The van der Waals surface area contributed by atoms with Gasteiger partial charge in [-0.2, -0.15) is 0 Å². The summed E-state index contributed by atoms with van der Waals surface area (Å²) >= 11 is 0. The van der Waals surface area contributed by atoms with E-state index in [0.29, 0.717) is 25.3 Å². The second-order valence-corrected chi connectivity index (χ2v) is 5.94. The highest BCUT2D eigenvalue weighted by molar-refractivity contribution is 7.92. The van der Waals surface area contributed by atoms with Crippen molar-refractivity contribution < 1.29 is 17.9 Å². The van der Waals surface area contributed by atoms with Crippen LogP contribution >= 0.6 is 0 Å². The molecule has 0 saturated carbocycles. The predicted octanol–water partition coefficient (Wildman–Crippen LogP) is 1.58. The minimum atomic E-state index is -3.34.